The van der Waals surface area contributed by atoms with Gasteiger partial charge in [0.15, 0.2) is 4.33 Å². The molecule has 1 saturated carbocycles. The van der Waals surface area contributed by atoms with Crippen molar-refractivity contribution in [3.05, 3.63) is 10.1 Å². The first-order chi connectivity index (χ1) is 6.63. The Bertz CT molecular complexity index is 334. The smallest absolute Gasteiger partial charge is 0.170 e. The zero-order chi connectivity index (χ0) is 11.8. The van der Waals surface area contributed by atoms with Crippen LogP contribution >= 0.6 is 81.2 Å². The number of halogens is 7. The van der Waals surface area contributed by atoms with Crippen molar-refractivity contribution in [1.82, 2.24) is 0 Å². The Labute approximate surface area is 121 Å². The summed E-state index contributed by atoms with van der Waals surface area (Å²) in [5, 5.41) is 8.75. The van der Waals surface area contributed by atoms with Crippen LogP contribution < -0.4 is 0 Å². The number of hydrogen-bond acceptors (Lipinski definition) is 1. The first kappa shape index (κ1) is 13.2. The fraction of sp³-hybridized carbons (Fsp3) is 0.714. The van der Waals surface area contributed by atoms with E-state index in [9.17, 15) is 5.11 Å². The number of aliphatic hydroxyl groups is 1. The summed E-state index contributed by atoms with van der Waals surface area (Å²) >= 11 is 42.0. The number of aliphatic hydroxyl groups excluding tert-OH is 1. The zero-order valence-corrected chi connectivity index (χ0v) is 12.0. The van der Waals surface area contributed by atoms with Crippen molar-refractivity contribution in [2.24, 2.45) is 0 Å². The number of fused-ring (bicyclic) bond motifs is 2. The highest BCUT2D eigenvalue weighted by molar-refractivity contribution is 6.67. The van der Waals surface area contributed by atoms with Crippen LogP contribution in [0.15, 0.2) is 10.1 Å². The minimum atomic E-state index is -1.76. The Morgan fingerprint density at radius 3 is 1.67 bits per heavy atom. The van der Waals surface area contributed by atoms with Gasteiger partial charge >= 0.3 is 0 Å². The summed E-state index contributed by atoms with van der Waals surface area (Å²) in [6.45, 7) is 0. The van der Waals surface area contributed by atoms with Gasteiger partial charge in [0.05, 0.1) is 21.5 Å². The van der Waals surface area contributed by atoms with E-state index >= 15 is 0 Å². The van der Waals surface area contributed by atoms with Crippen LogP contribution in [0.1, 0.15) is 0 Å². The van der Waals surface area contributed by atoms with Crippen LogP contribution in [0.25, 0.3) is 0 Å². The molecule has 0 radical (unpaired) electrons. The molecular formula is C7H3Cl7O. The van der Waals surface area contributed by atoms with Crippen molar-refractivity contribution in [3.63, 3.8) is 0 Å². The molecule has 2 aliphatic carbocycles. The van der Waals surface area contributed by atoms with E-state index in [1.165, 1.54) is 0 Å². The third-order valence-corrected chi connectivity index (χ3v) is 7.74. The van der Waals surface area contributed by atoms with Crippen molar-refractivity contribution in [1.29, 1.82) is 0 Å². The van der Waals surface area contributed by atoms with Crippen molar-refractivity contribution in [2.45, 2.75) is 25.6 Å². The molecule has 0 spiro atoms. The molecule has 1 fully saturated rings. The molecule has 0 heterocycles. The molecule has 0 aromatic heterocycles. The van der Waals surface area contributed by atoms with E-state index in [2.05, 4.69) is 0 Å². The molecular weight excluding hydrogens is 348 g/mol. The summed E-state index contributed by atoms with van der Waals surface area (Å²) in [5.74, 6) is 0. The fourth-order valence-electron chi connectivity index (χ4n) is 1.89. The van der Waals surface area contributed by atoms with E-state index in [1.807, 2.05) is 0 Å². The van der Waals surface area contributed by atoms with Crippen LogP contribution in [-0.2, 0) is 0 Å². The van der Waals surface area contributed by atoms with Crippen LogP contribution in [0.5, 0.6) is 0 Å². The fourth-order valence-corrected chi connectivity index (χ4v) is 5.30. The van der Waals surface area contributed by atoms with Crippen LogP contribution in [0, 0.1) is 0 Å². The van der Waals surface area contributed by atoms with E-state index in [4.69, 9.17) is 81.2 Å². The molecule has 2 bridgehead atoms. The molecule has 0 aromatic rings. The number of alkyl halides is 5. The maximum Gasteiger partial charge on any atom is 0.170 e. The Morgan fingerprint density at radius 1 is 0.933 bits per heavy atom. The first-order valence-corrected chi connectivity index (χ1v) is 6.48. The van der Waals surface area contributed by atoms with Gasteiger partial charge in [-0.2, -0.15) is 0 Å². The first-order valence-electron chi connectivity index (χ1n) is 3.77. The molecule has 86 valence electrons. The van der Waals surface area contributed by atoms with Crippen molar-refractivity contribution in [2.75, 3.05) is 0 Å². The normalized spacial score (nSPS) is 52.8. The van der Waals surface area contributed by atoms with E-state index in [0.717, 1.165) is 0 Å². The molecule has 0 aliphatic heterocycles. The number of allylic oxidation sites excluding steroid dienone is 1. The van der Waals surface area contributed by atoms with Gasteiger partial charge in [-0.25, -0.2) is 0 Å². The minimum absolute atomic E-state index is 0.0175. The lowest BCUT2D eigenvalue weighted by atomic mass is 10.0. The Balaban J connectivity index is 2.76. The molecule has 0 saturated heterocycles. The molecule has 0 amide bonds. The average Bonchev–Trinajstić information content (AvgIpc) is 2.34. The predicted molar refractivity (Wildman–Crippen MR) is 66.0 cm³/mol. The van der Waals surface area contributed by atoms with Crippen LogP contribution in [0.3, 0.4) is 0 Å². The van der Waals surface area contributed by atoms with E-state index in [-0.39, 0.29) is 10.1 Å². The van der Waals surface area contributed by atoms with Gasteiger partial charge in [0, 0.05) is 0 Å². The second kappa shape index (κ2) is 3.39. The molecule has 0 aromatic carbocycles. The summed E-state index contributed by atoms with van der Waals surface area (Å²) in [6, 6.07) is 0. The molecule has 4 unspecified atom stereocenters. The molecule has 2 rings (SSSR count). The van der Waals surface area contributed by atoms with Crippen LogP contribution in [0.2, 0.25) is 0 Å². The van der Waals surface area contributed by atoms with Crippen molar-refractivity contribution < 1.29 is 5.11 Å². The van der Waals surface area contributed by atoms with Gasteiger partial charge in [-0.3, -0.25) is 0 Å². The van der Waals surface area contributed by atoms with Gasteiger partial charge in [0.1, 0.15) is 9.75 Å². The van der Waals surface area contributed by atoms with Gasteiger partial charge in [0.2, 0.25) is 0 Å². The zero-order valence-electron chi connectivity index (χ0n) is 6.75. The SMILES string of the molecule is OC1C(Cl)C2(Cl)C(Cl)=C(Cl)C1(Cl)C2(Cl)Cl. The van der Waals surface area contributed by atoms with Crippen molar-refractivity contribution in [3.8, 4) is 0 Å². The van der Waals surface area contributed by atoms with Gasteiger partial charge in [-0.15, -0.1) is 34.8 Å². The van der Waals surface area contributed by atoms with Crippen molar-refractivity contribution >= 4 is 81.2 Å². The number of hydrogen-bond donors (Lipinski definition) is 1. The van der Waals surface area contributed by atoms with Crippen LogP contribution in [0.4, 0.5) is 0 Å². The molecule has 1 nitrogen and oxygen atoms in total. The molecule has 4 atom stereocenters. The average molecular weight is 351 g/mol. The predicted octanol–water partition coefficient (Wildman–Crippen LogP) is 3.80. The quantitative estimate of drug-likeness (QED) is 0.658. The maximum absolute atomic E-state index is 9.84. The summed E-state index contributed by atoms with van der Waals surface area (Å²) in [4.78, 5) is -3.24. The summed E-state index contributed by atoms with van der Waals surface area (Å²) in [5.41, 5.74) is 0. The third kappa shape index (κ3) is 1.11. The highest BCUT2D eigenvalue weighted by Gasteiger charge is 2.82. The lowest BCUT2D eigenvalue weighted by Crippen LogP contribution is -2.45. The standard InChI is InChI=1S/C7H3Cl7O/c8-1-2(9)6(12)4(15)3(10)5(1,11)7(6,13)14/h3-4,15H. The second-order valence-electron chi connectivity index (χ2n) is 3.47. The summed E-state index contributed by atoms with van der Waals surface area (Å²) in [7, 11) is 0. The Hall–Kier alpha value is 1.73. The van der Waals surface area contributed by atoms with Gasteiger partial charge in [0.25, 0.3) is 0 Å². The highest BCUT2D eigenvalue weighted by Crippen LogP contribution is 2.73. The highest BCUT2D eigenvalue weighted by atomic mass is 35.5. The molecule has 2 aliphatic rings. The topological polar surface area (TPSA) is 20.2 Å². The summed E-state index contributed by atoms with van der Waals surface area (Å²) < 4.78 is -1.76. The largest absolute Gasteiger partial charge is 0.389 e. The monoisotopic (exact) mass is 348 g/mol. The van der Waals surface area contributed by atoms with E-state index in [0.29, 0.717) is 0 Å². The number of rotatable bonds is 0. The van der Waals surface area contributed by atoms with E-state index in [1.54, 1.807) is 0 Å². The lowest BCUT2D eigenvalue weighted by molar-refractivity contribution is 0.160. The molecule has 15 heavy (non-hydrogen) atoms. The van der Waals surface area contributed by atoms with Gasteiger partial charge in [-0.1, -0.05) is 46.4 Å². The molecule has 1 N–H and O–H groups in total. The Morgan fingerprint density at radius 2 is 1.33 bits per heavy atom. The minimum Gasteiger partial charge on any atom is -0.389 e. The molecule has 8 heteroatoms. The van der Waals surface area contributed by atoms with Crippen LogP contribution in [-0.4, -0.2) is 30.7 Å². The lowest BCUT2D eigenvalue weighted by Gasteiger charge is -2.31. The van der Waals surface area contributed by atoms with Gasteiger partial charge < -0.3 is 5.11 Å². The third-order valence-electron chi connectivity index (χ3n) is 2.81. The maximum atomic E-state index is 9.84. The second-order valence-corrected chi connectivity index (χ2v) is 7.22. The summed E-state index contributed by atoms with van der Waals surface area (Å²) in [6.07, 6.45) is -1.27. The van der Waals surface area contributed by atoms with Gasteiger partial charge in [-0.05, 0) is 0 Å². The Kier molecular flexibility index (Phi) is 2.98. The van der Waals surface area contributed by atoms with E-state index < -0.39 is 25.6 Å².